The number of non-ortho nitro benzene ring substituents is 1. The molecule has 1 aromatic carbocycles. The van der Waals surface area contributed by atoms with Crippen molar-refractivity contribution in [1.29, 1.82) is 0 Å². The molecule has 0 saturated carbocycles. The molecule has 0 aliphatic carbocycles. The third kappa shape index (κ3) is 2.80. The number of nitro groups is 1. The number of carbonyl (C=O) groups excluding carboxylic acids is 1. The van der Waals surface area contributed by atoms with Crippen molar-refractivity contribution < 1.29 is 9.72 Å². The summed E-state index contributed by atoms with van der Waals surface area (Å²) in [7, 11) is 2.05. The summed E-state index contributed by atoms with van der Waals surface area (Å²) in [6.45, 7) is 6.04. The lowest BCUT2D eigenvalue weighted by Crippen LogP contribution is -2.52. The molecule has 0 radical (unpaired) electrons. The van der Waals surface area contributed by atoms with Crippen LogP contribution >= 0.6 is 0 Å². The predicted molar refractivity (Wildman–Crippen MR) is 75.8 cm³/mol. The highest BCUT2D eigenvalue weighted by atomic mass is 16.6. The summed E-state index contributed by atoms with van der Waals surface area (Å²) < 4.78 is 0. The fourth-order valence-electron chi connectivity index (χ4n) is 2.40. The van der Waals surface area contributed by atoms with Gasteiger partial charge in [-0.2, -0.15) is 0 Å². The van der Waals surface area contributed by atoms with Gasteiger partial charge in [0, 0.05) is 43.4 Å². The number of nitro benzene ring substituents is 1. The smallest absolute Gasteiger partial charge is 0.269 e. The van der Waals surface area contributed by atoms with Crippen LogP contribution in [0, 0.1) is 17.0 Å². The maximum atomic E-state index is 12.5. The molecule has 108 valence electrons. The Morgan fingerprint density at radius 1 is 1.40 bits per heavy atom. The zero-order valence-electron chi connectivity index (χ0n) is 12.0. The standard InChI is InChI=1S/C14H19N3O3/c1-10-8-12(17(19)20)4-5-13(10)14(18)16-7-6-15(3)11(2)9-16/h4-5,8,11H,6-7,9H2,1-3H3/t11-/m1/s1. The maximum Gasteiger partial charge on any atom is 0.269 e. The van der Waals surface area contributed by atoms with Gasteiger partial charge in [-0.1, -0.05) is 0 Å². The first-order valence-electron chi connectivity index (χ1n) is 6.64. The lowest BCUT2D eigenvalue weighted by Gasteiger charge is -2.37. The van der Waals surface area contributed by atoms with E-state index in [0.29, 0.717) is 30.3 Å². The highest BCUT2D eigenvalue weighted by Crippen LogP contribution is 2.20. The SMILES string of the molecule is Cc1cc([N+](=O)[O-])ccc1C(=O)N1CCN(C)[C@H](C)C1. The van der Waals surface area contributed by atoms with E-state index < -0.39 is 4.92 Å². The largest absolute Gasteiger partial charge is 0.336 e. The quantitative estimate of drug-likeness (QED) is 0.609. The Labute approximate surface area is 118 Å². The Hall–Kier alpha value is -1.95. The number of hydrogen-bond donors (Lipinski definition) is 0. The fourth-order valence-corrected chi connectivity index (χ4v) is 2.40. The van der Waals surface area contributed by atoms with E-state index in [9.17, 15) is 14.9 Å². The molecule has 20 heavy (non-hydrogen) atoms. The van der Waals surface area contributed by atoms with E-state index in [4.69, 9.17) is 0 Å². The number of benzene rings is 1. The van der Waals surface area contributed by atoms with Crippen LogP contribution in [0.5, 0.6) is 0 Å². The molecule has 1 saturated heterocycles. The van der Waals surface area contributed by atoms with Crippen LogP contribution in [0.2, 0.25) is 0 Å². The molecule has 6 heteroatoms. The van der Waals surface area contributed by atoms with Gasteiger partial charge in [0.25, 0.3) is 11.6 Å². The number of aryl methyl sites for hydroxylation is 1. The van der Waals surface area contributed by atoms with Gasteiger partial charge in [-0.3, -0.25) is 14.9 Å². The molecule has 1 atom stereocenters. The van der Waals surface area contributed by atoms with E-state index in [2.05, 4.69) is 11.8 Å². The van der Waals surface area contributed by atoms with Crippen LogP contribution in [0.4, 0.5) is 5.69 Å². The summed E-state index contributed by atoms with van der Waals surface area (Å²) in [6.07, 6.45) is 0. The molecule has 1 aliphatic rings. The van der Waals surface area contributed by atoms with Gasteiger partial charge in [-0.25, -0.2) is 0 Å². The summed E-state index contributed by atoms with van der Waals surface area (Å²) in [5.41, 5.74) is 1.22. The molecular formula is C14H19N3O3. The van der Waals surface area contributed by atoms with Crippen molar-refractivity contribution in [3.8, 4) is 0 Å². The second kappa shape index (κ2) is 5.58. The second-order valence-electron chi connectivity index (χ2n) is 5.34. The van der Waals surface area contributed by atoms with Crippen LogP contribution in [0.3, 0.4) is 0 Å². The third-order valence-electron chi connectivity index (χ3n) is 3.90. The molecule has 1 heterocycles. The Kier molecular flexibility index (Phi) is 4.04. The normalized spacial score (nSPS) is 19.9. The molecule has 1 fully saturated rings. The average molecular weight is 277 g/mol. The minimum absolute atomic E-state index is 0.0193. The van der Waals surface area contributed by atoms with Gasteiger partial charge < -0.3 is 9.80 Å². The molecule has 2 rings (SSSR count). The molecular weight excluding hydrogens is 258 g/mol. The van der Waals surface area contributed by atoms with Crippen LogP contribution in [0.25, 0.3) is 0 Å². The molecule has 1 aliphatic heterocycles. The molecule has 6 nitrogen and oxygen atoms in total. The van der Waals surface area contributed by atoms with Crippen molar-refractivity contribution in [2.45, 2.75) is 19.9 Å². The van der Waals surface area contributed by atoms with Gasteiger partial charge in [0.1, 0.15) is 0 Å². The van der Waals surface area contributed by atoms with Crippen LogP contribution in [-0.2, 0) is 0 Å². The highest BCUT2D eigenvalue weighted by molar-refractivity contribution is 5.96. The van der Waals surface area contributed by atoms with E-state index in [1.807, 2.05) is 11.9 Å². The summed E-state index contributed by atoms with van der Waals surface area (Å²) in [5.74, 6) is -0.0441. The number of amides is 1. The van der Waals surface area contributed by atoms with Crippen molar-refractivity contribution in [3.05, 3.63) is 39.4 Å². The first kappa shape index (κ1) is 14.5. The zero-order valence-corrected chi connectivity index (χ0v) is 12.0. The second-order valence-corrected chi connectivity index (χ2v) is 5.34. The Balaban J connectivity index is 2.19. The molecule has 0 bridgehead atoms. The van der Waals surface area contributed by atoms with Crippen LogP contribution in [0.15, 0.2) is 18.2 Å². The number of rotatable bonds is 2. The highest BCUT2D eigenvalue weighted by Gasteiger charge is 2.26. The van der Waals surface area contributed by atoms with Crippen molar-refractivity contribution in [2.75, 3.05) is 26.7 Å². The minimum Gasteiger partial charge on any atom is -0.336 e. The van der Waals surface area contributed by atoms with Crippen LogP contribution < -0.4 is 0 Å². The van der Waals surface area contributed by atoms with Crippen molar-refractivity contribution in [2.24, 2.45) is 0 Å². The van der Waals surface area contributed by atoms with Crippen LogP contribution in [-0.4, -0.2) is 53.4 Å². The van der Waals surface area contributed by atoms with Gasteiger partial charge in [0.05, 0.1) is 4.92 Å². The summed E-state index contributed by atoms with van der Waals surface area (Å²) in [4.78, 5) is 26.8. The van der Waals surface area contributed by atoms with Gasteiger partial charge in [-0.05, 0) is 32.5 Å². The Morgan fingerprint density at radius 2 is 2.10 bits per heavy atom. The summed E-state index contributed by atoms with van der Waals surface area (Å²) in [5, 5.41) is 10.7. The van der Waals surface area contributed by atoms with E-state index in [1.54, 1.807) is 13.0 Å². The fraction of sp³-hybridized carbons (Fsp3) is 0.500. The predicted octanol–water partition coefficient (Wildman–Crippen LogP) is 1.68. The van der Waals surface area contributed by atoms with Crippen molar-refractivity contribution >= 4 is 11.6 Å². The molecule has 0 N–H and O–H groups in total. The molecule has 1 aromatic rings. The molecule has 0 aromatic heterocycles. The first-order chi connectivity index (χ1) is 9.40. The monoisotopic (exact) mass is 277 g/mol. The number of hydrogen-bond acceptors (Lipinski definition) is 4. The Morgan fingerprint density at radius 3 is 2.65 bits per heavy atom. The number of likely N-dealkylation sites (N-methyl/N-ethyl adjacent to an activating group) is 1. The molecule has 0 spiro atoms. The number of carbonyl (C=O) groups is 1. The van der Waals surface area contributed by atoms with E-state index in [0.717, 1.165) is 6.54 Å². The minimum atomic E-state index is -0.445. The van der Waals surface area contributed by atoms with Crippen LogP contribution in [0.1, 0.15) is 22.8 Å². The lowest BCUT2D eigenvalue weighted by atomic mass is 10.1. The summed E-state index contributed by atoms with van der Waals surface area (Å²) >= 11 is 0. The molecule has 1 amide bonds. The van der Waals surface area contributed by atoms with Gasteiger partial charge in [-0.15, -0.1) is 0 Å². The van der Waals surface area contributed by atoms with E-state index in [-0.39, 0.29) is 11.6 Å². The summed E-state index contributed by atoms with van der Waals surface area (Å²) in [6, 6.07) is 4.72. The molecule has 0 unspecified atom stereocenters. The third-order valence-corrected chi connectivity index (χ3v) is 3.90. The van der Waals surface area contributed by atoms with Crippen molar-refractivity contribution in [1.82, 2.24) is 9.80 Å². The maximum absolute atomic E-state index is 12.5. The number of nitrogens with zero attached hydrogens (tertiary/aromatic N) is 3. The lowest BCUT2D eigenvalue weighted by molar-refractivity contribution is -0.384. The first-order valence-corrected chi connectivity index (χ1v) is 6.64. The van der Waals surface area contributed by atoms with Crippen molar-refractivity contribution in [3.63, 3.8) is 0 Å². The van der Waals surface area contributed by atoms with Gasteiger partial charge >= 0.3 is 0 Å². The topological polar surface area (TPSA) is 66.7 Å². The average Bonchev–Trinajstić information content (AvgIpc) is 2.41. The van der Waals surface area contributed by atoms with E-state index in [1.165, 1.54) is 12.1 Å². The van der Waals surface area contributed by atoms with Gasteiger partial charge in [0.2, 0.25) is 0 Å². The van der Waals surface area contributed by atoms with Gasteiger partial charge in [0.15, 0.2) is 0 Å². The number of piperazine rings is 1. The Bertz CT molecular complexity index is 544. The zero-order chi connectivity index (χ0) is 14.9. The van der Waals surface area contributed by atoms with E-state index >= 15 is 0 Å².